The predicted molar refractivity (Wildman–Crippen MR) is 52.0 cm³/mol. The van der Waals surface area contributed by atoms with Crippen LogP contribution in [0.5, 0.6) is 5.75 Å². The lowest BCUT2D eigenvalue weighted by molar-refractivity contribution is 0.301. The number of rotatable bonds is 3. The summed E-state index contributed by atoms with van der Waals surface area (Å²) in [7, 11) is 0. The third kappa shape index (κ3) is 2.00. The monoisotopic (exact) mass is 177 g/mol. The topological polar surface area (TPSA) is 22.1 Å². The van der Waals surface area contributed by atoms with Crippen molar-refractivity contribution in [1.29, 1.82) is 0 Å². The van der Waals surface area contributed by atoms with Crippen LogP contribution in [0.4, 0.5) is 0 Å². The van der Waals surface area contributed by atoms with Gasteiger partial charge in [0, 0.05) is 5.69 Å². The van der Waals surface area contributed by atoms with Crippen LogP contribution in [0.25, 0.3) is 0 Å². The van der Waals surface area contributed by atoms with E-state index in [1.807, 2.05) is 13.1 Å². The molecule has 0 aliphatic heterocycles. The van der Waals surface area contributed by atoms with Crippen molar-refractivity contribution in [2.75, 3.05) is 0 Å². The van der Waals surface area contributed by atoms with E-state index in [0.717, 1.165) is 17.9 Å². The molecule has 2 rings (SSSR count). The van der Waals surface area contributed by atoms with E-state index in [4.69, 9.17) is 4.74 Å². The second-order valence-electron chi connectivity index (χ2n) is 3.59. The lowest BCUT2D eigenvalue weighted by Crippen LogP contribution is -1.99. The maximum absolute atomic E-state index is 5.66. The van der Waals surface area contributed by atoms with Gasteiger partial charge in [0.25, 0.3) is 0 Å². The molecule has 13 heavy (non-hydrogen) atoms. The highest BCUT2D eigenvalue weighted by atomic mass is 16.5. The molecule has 1 heterocycles. The Morgan fingerprint density at radius 3 is 2.92 bits per heavy atom. The first kappa shape index (κ1) is 8.54. The van der Waals surface area contributed by atoms with Crippen LogP contribution in [0.1, 0.15) is 31.0 Å². The molecule has 0 bridgehead atoms. The first-order valence-corrected chi connectivity index (χ1v) is 4.91. The van der Waals surface area contributed by atoms with Gasteiger partial charge >= 0.3 is 0 Å². The van der Waals surface area contributed by atoms with Crippen molar-refractivity contribution in [3.63, 3.8) is 0 Å². The van der Waals surface area contributed by atoms with Gasteiger partial charge < -0.3 is 4.74 Å². The zero-order valence-electron chi connectivity index (χ0n) is 8.21. The van der Waals surface area contributed by atoms with Gasteiger partial charge in [-0.05, 0) is 37.8 Å². The minimum Gasteiger partial charge on any atom is -0.489 e. The number of nitrogens with zero attached hydrogens (tertiary/aromatic N) is 1. The molecule has 0 unspecified atom stereocenters. The number of aryl methyl sites for hydroxylation is 2. The molecule has 0 amide bonds. The van der Waals surface area contributed by atoms with E-state index < -0.39 is 0 Å². The van der Waals surface area contributed by atoms with E-state index in [-0.39, 0.29) is 0 Å². The Hall–Kier alpha value is -1.05. The van der Waals surface area contributed by atoms with Gasteiger partial charge in [-0.2, -0.15) is 0 Å². The maximum Gasteiger partial charge on any atom is 0.138 e. The SMILES string of the molecule is CCc1cc(OC2CC2)cnc1C. The molecule has 1 aliphatic carbocycles. The quantitative estimate of drug-likeness (QED) is 0.707. The van der Waals surface area contributed by atoms with E-state index in [9.17, 15) is 0 Å². The minimum absolute atomic E-state index is 0.467. The summed E-state index contributed by atoms with van der Waals surface area (Å²) < 4.78 is 5.66. The average Bonchev–Trinajstić information content (AvgIpc) is 2.92. The normalized spacial score (nSPS) is 15.8. The molecule has 0 spiro atoms. The molecular formula is C11H15NO. The van der Waals surface area contributed by atoms with Gasteiger partial charge in [-0.25, -0.2) is 0 Å². The highest BCUT2D eigenvalue weighted by Crippen LogP contribution is 2.27. The highest BCUT2D eigenvalue weighted by molar-refractivity contribution is 5.29. The predicted octanol–water partition coefficient (Wildman–Crippen LogP) is 2.49. The lowest BCUT2D eigenvalue weighted by atomic mass is 10.1. The minimum atomic E-state index is 0.467. The van der Waals surface area contributed by atoms with Gasteiger partial charge in [0.05, 0.1) is 12.3 Å². The molecule has 0 N–H and O–H groups in total. The zero-order chi connectivity index (χ0) is 9.26. The van der Waals surface area contributed by atoms with Gasteiger partial charge in [0.1, 0.15) is 5.75 Å². The van der Waals surface area contributed by atoms with Crippen LogP contribution in [0.15, 0.2) is 12.3 Å². The second-order valence-corrected chi connectivity index (χ2v) is 3.59. The summed E-state index contributed by atoms with van der Waals surface area (Å²) in [5, 5.41) is 0. The van der Waals surface area contributed by atoms with Gasteiger partial charge in [0.15, 0.2) is 0 Å². The largest absolute Gasteiger partial charge is 0.489 e. The van der Waals surface area contributed by atoms with Crippen LogP contribution in [-0.2, 0) is 6.42 Å². The summed E-state index contributed by atoms with van der Waals surface area (Å²) >= 11 is 0. The van der Waals surface area contributed by atoms with Crippen molar-refractivity contribution in [2.24, 2.45) is 0 Å². The van der Waals surface area contributed by atoms with Gasteiger partial charge in [-0.15, -0.1) is 0 Å². The molecular weight excluding hydrogens is 162 g/mol. The van der Waals surface area contributed by atoms with Crippen molar-refractivity contribution in [2.45, 2.75) is 39.2 Å². The molecule has 0 aromatic carbocycles. The molecule has 70 valence electrons. The Morgan fingerprint density at radius 2 is 2.31 bits per heavy atom. The summed E-state index contributed by atoms with van der Waals surface area (Å²) in [5.74, 6) is 0.935. The van der Waals surface area contributed by atoms with Crippen LogP contribution < -0.4 is 4.74 Å². The Labute approximate surface area is 78.9 Å². The van der Waals surface area contributed by atoms with Crippen LogP contribution in [-0.4, -0.2) is 11.1 Å². The molecule has 0 radical (unpaired) electrons. The molecule has 2 nitrogen and oxygen atoms in total. The smallest absolute Gasteiger partial charge is 0.138 e. The number of hydrogen-bond acceptors (Lipinski definition) is 2. The van der Waals surface area contributed by atoms with E-state index in [2.05, 4.69) is 18.0 Å². The molecule has 0 atom stereocenters. The fraction of sp³-hybridized carbons (Fsp3) is 0.545. The fourth-order valence-corrected chi connectivity index (χ4v) is 1.36. The summed E-state index contributed by atoms with van der Waals surface area (Å²) in [5.41, 5.74) is 2.41. The van der Waals surface area contributed by atoms with Crippen LogP contribution in [0, 0.1) is 6.92 Å². The lowest BCUT2D eigenvalue weighted by Gasteiger charge is -2.07. The summed E-state index contributed by atoms with van der Waals surface area (Å²) in [6, 6.07) is 2.11. The number of ether oxygens (including phenoxy) is 1. The standard InChI is InChI=1S/C11H15NO/c1-3-9-6-11(7-12-8(9)2)13-10-4-5-10/h6-7,10H,3-5H2,1-2H3. The third-order valence-corrected chi connectivity index (χ3v) is 2.37. The second kappa shape index (κ2) is 3.36. The Morgan fingerprint density at radius 1 is 1.54 bits per heavy atom. The fourth-order valence-electron chi connectivity index (χ4n) is 1.36. The third-order valence-electron chi connectivity index (χ3n) is 2.37. The molecule has 0 saturated heterocycles. The number of hydrogen-bond donors (Lipinski definition) is 0. The first-order valence-electron chi connectivity index (χ1n) is 4.91. The zero-order valence-corrected chi connectivity index (χ0v) is 8.21. The number of pyridine rings is 1. The van der Waals surface area contributed by atoms with Crippen LogP contribution in [0.2, 0.25) is 0 Å². The van der Waals surface area contributed by atoms with Gasteiger partial charge in [0.2, 0.25) is 0 Å². The average molecular weight is 177 g/mol. The van der Waals surface area contributed by atoms with E-state index in [1.54, 1.807) is 0 Å². The van der Waals surface area contributed by atoms with Crippen molar-refractivity contribution in [1.82, 2.24) is 4.98 Å². The Kier molecular flexibility index (Phi) is 2.21. The number of aromatic nitrogens is 1. The Balaban J connectivity index is 2.16. The van der Waals surface area contributed by atoms with Gasteiger partial charge in [-0.3, -0.25) is 4.98 Å². The summed E-state index contributed by atoms with van der Waals surface area (Å²) in [4.78, 5) is 4.31. The molecule has 1 aromatic heterocycles. The van der Waals surface area contributed by atoms with Crippen molar-refractivity contribution < 1.29 is 4.74 Å². The molecule has 1 saturated carbocycles. The van der Waals surface area contributed by atoms with Crippen molar-refractivity contribution in [3.8, 4) is 5.75 Å². The molecule has 1 fully saturated rings. The molecule has 1 aromatic rings. The van der Waals surface area contributed by atoms with Crippen molar-refractivity contribution >= 4 is 0 Å². The van der Waals surface area contributed by atoms with E-state index in [0.29, 0.717) is 6.10 Å². The maximum atomic E-state index is 5.66. The summed E-state index contributed by atoms with van der Waals surface area (Å²) in [6.07, 6.45) is 5.73. The van der Waals surface area contributed by atoms with Crippen LogP contribution in [0.3, 0.4) is 0 Å². The summed E-state index contributed by atoms with van der Waals surface area (Å²) in [6.45, 7) is 4.19. The van der Waals surface area contributed by atoms with E-state index >= 15 is 0 Å². The van der Waals surface area contributed by atoms with Crippen molar-refractivity contribution in [3.05, 3.63) is 23.5 Å². The molecule has 2 heteroatoms. The molecule has 1 aliphatic rings. The first-order chi connectivity index (χ1) is 6.29. The van der Waals surface area contributed by atoms with Gasteiger partial charge in [-0.1, -0.05) is 6.92 Å². The highest BCUT2D eigenvalue weighted by Gasteiger charge is 2.23. The van der Waals surface area contributed by atoms with E-state index in [1.165, 1.54) is 18.4 Å². The van der Waals surface area contributed by atoms with Crippen LogP contribution >= 0.6 is 0 Å². The Bertz CT molecular complexity index is 305.